The molecule has 6 nitrogen and oxygen atoms in total. The zero-order valence-corrected chi connectivity index (χ0v) is 17.5. The summed E-state index contributed by atoms with van der Waals surface area (Å²) in [6.45, 7) is 16.3. The number of phenolic OH excluding ortho intramolecular Hbond substituents is 1. The first-order valence-corrected chi connectivity index (χ1v) is 9.35. The third-order valence-electron chi connectivity index (χ3n) is 5.56. The molecule has 1 amide bonds. The molecule has 1 aromatic rings. The molecular weight excluding hydrogens is 346 g/mol. The fraction of sp³-hybridized carbons (Fsp3) is 0.667. The van der Waals surface area contributed by atoms with Crippen LogP contribution in [0.5, 0.6) is 5.75 Å². The Labute approximate surface area is 161 Å². The first-order chi connectivity index (χ1) is 12.2. The molecule has 2 aliphatic rings. The van der Waals surface area contributed by atoms with E-state index in [2.05, 4.69) is 34.6 Å². The number of ether oxygens (including phenoxy) is 1. The van der Waals surface area contributed by atoms with Crippen LogP contribution in [0.15, 0.2) is 24.3 Å². The Morgan fingerprint density at radius 3 is 2.22 bits per heavy atom. The van der Waals surface area contributed by atoms with E-state index >= 15 is 0 Å². The third-order valence-corrected chi connectivity index (χ3v) is 5.56. The van der Waals surface area contributed by atoms with Crippen molar-refractivity contribution in [2.45, 2.75) is 72.3 Å². The molecule has 2 aliphatic heterocycles. The Balaban J connectivity index is 2.22. The van der Waals surface area contributed by atoms with Crippen LogP contribution in [0.25, 0.3) is 0 Å². The van der Waals surface area contributed by atoms with E-state index < -0.39 is 28.4 Å². The van der Waals surface area contributed by atoms with E-state index in [4.69, 9.17) is 14.5 Å². The van der Waals surface area contributed by atoms with Crippen LogP contribution >= 0.6 is 0 Å². The third kappa shape index (κ3) is 2.57. The molecule has 2 fully saturated rings. The standard InChI is InChI=1S/C21H31NO5/c1-17(2,3)21-19(7,8)13-22(16(24)25-18(4,5)6)20(21,26-27-21)14-10-9-11-15(23)12-14/h9-12,23H,13H2,1-8H3. The summed E-state index contributed by atoms with van der Waals surface area (Å²) in [5.74, 6) is 0.106. The Kier molecular flexibility index (Phi) is 4.15. The second-order valence-electron chi connectivity index (χ2n) is 10.2. The lowest BCUT2D eigenvalue weighted by molar-refractivity contribution is -0.604. The number of aromatic hydroxyl groups is 1. The van der Waals surface area contributed by atoms with Gasteiger partial charge in [-0.15, -0.1) is 0 Å². The molecule has 150 valence electrons. The zero-order chi connectivity index (χ0) is 20.5. The highest BCUT2D eigenvalue weighted by atomic mass is 17.3. The van der Waals surface area contributed by atoms with Gasteiger partial charge in [0.2, 0.25) is 5.72 Å². The number of fused-ring (bicyclic) bond motifs is 1. The van der Waals surface area contributed by atoms with Gasteiger partial charge in [-0.25, -0.2) is 9.68 Å². The van der Waals surface area contributed by atoms with Crippen LogP contribution in [0.1, 0.15) is 61.0 Å². The molecule has 0 bridgehead atoms. The van der Waals surface area contributed by atoms with Gasteiger partial charge in [0.15, 0.2) is 5.60 Å². The molecule has 2 atom stereocenters. The van der Waals surface area contributed by atoms with Crippen LogP contribution < -0.4 is 0 Å². The fourth-order valence-electron chi connectivity index (χ4n) is 4.91. The van der Waals surface area contributed by atoms with Crippen LogP contribution in [-0.2, 0) is 20.2 Å². The van der Waals surface area contributed by atoms with Crippen LogP contribution in [0.4, 0.5) is 4.79 Å². The van der Waals surface area contributed by atoms with Crippen molar-refractivity contribution in [1.82, 2.24) is 4.90 Å². The molecule has 0 aromatic heterocycles. The number of rotatable bonds is 1. The van der Waals surface area contributed by atoms with E-state index in [0.717, 1.165) is 0 Å². The van der Waals surface area contributed by atoms with Gasteiger partial charge in [0, 0.05) is 22.9 Å². The molecule has 3 rings (SSSR count). The van der Waals surface area contributed by atoms with E-state index in [-0.39, 0.29) is 11.2 Å². The lowest BCUT2D eigenvalue weighted by Gasteiger charge is -2.63. The average Bonchev–Trinajstić information content (AvgIpc) is 2.56. The maximum atomic E-state index is 13.2. The van der Waals surface area contributed by atoms with Gasteiger partial charge in [-0.1, -0.05) is 46.8 Å². The predicted octanol–water partition coefficient (Wildman–Crippen LogP) is 4.57. The van der Waals surface area contributed by atoms with Gasteiger partial charge in [0.25, 0.3) is 0 Å². The van der Waals surface area contributed by atoms with Gasteiger partial charge < -0.3 is 9.84 Å². The number of nitrogens with zero attached hydrogens (tertiary/aromatic N) is 1. The molecular formula is C21H31NO5. The number of carbonyl (C=O) groups excluding carboxylic acids is 1. The molecule has 1 aromatic carbocycles. The molecule has 6 heteroatoms. The van der Waals surface area contributed by atoms with Crippen molar-refractivity contribution in [2.75, 3.05) is 6.54 Å². The largest absolute Gasteiger partial charge is 0.508 e. The number of carbonyl (C=O) groups is 1. The number of benzene rings is 1. The van der Waals surface area contributed by atoms with E-state index in [0.29, 0.717) is 12.1 Å². The van der Waals surface area contributed by atoms with Crippen LogP contribution in [0, 0.1) is 10.8 Å². The number of hydrogen-bond acceptors (Lipinski definition) is 5. The van der Waals surface area contributed by atoms with Crippen molar-refractivity contribution < 1.29 is 24.4 Å². The van der Waals surface area contributed by atoms with Crippen molar-refractivity contribution in [1.29, 1.82) is 0 Å². The average molecular weight is 377 g/mol. The van der Waals surface area contributed by atoms with Gasteiger partial charge in [0.05, 0.1) is 0 Å². The fourth-order valence-corrected chi connectivity index (χ4v) is 4.91. The topological polar surface area (TPSA) is 68.2 Å². The smallest absolute Gasteiger partial charge is 0.413 e. The first kappa shape index (κ1) is 20.0. The predicted molar refractivity (Wildman–Crippen MR) is 101 cm³/mol. The van der Waals surface area contributed by atoms with Crippen molar-refractivity contribution in [3.8, 4) is 5.75 Å². The Hall–Kier alpha value is -1.79. The SMILES string of the molecule is CC(C)(C)OC(=O)N1CC(C)(C)C2(C(C)(C)C)OOC12c1cccc(O)c1. The maximum absolute atomic E-state index is 13.2. The molecule has 1 N–H and O–H groups in total. The van der Waals surface area contributed by atoms with Crippen molar-refractivity contribution in [3.05, 3.63) is 29.8 Å². The summed E-state index contributed by atoms with van der Waals surface area (Å²) in [5, 5.41) is 10.1. The molecule has 0 radical (unpaired) electrons. The summed E-state index contributed by atoms with van der Waals surface area (Å²) in [4.78, 5) is 26.5. The molecule has 2 heterocycles. The minimum Gasteiger partial charge on any atom is -0.508 e. The Bertz CT molecular complexity index is 761. The Morgan fingerprint density at radius 1 is 1.15 bits per heavy atom. The van der Waals surface area contributed by atoms with Crippen LogP contribution in [0.2, 0.25) is 0 Å². The summed E-state index contributed by atoms with van der Waals surface area (Å²) in [6, 6.07) is 6.81. The Morgan fingerprint density at radius 2 is 1.78 bits per heavy atom. The zero-order valence-electron chi connectivity index (χ0n) is 17.5. The van der Waals surface area contributed by atoms with Crippen molar-refractivity contribution >= 4 is 6.09 Å². The van der Waals surface area contributed by atoms with Gasteiger partial charge in [-0.2, -0.15) is 4.89 Å². The molecule has 0 saturated carbocycles. The molecule has 0 spiro atoms. The van der Waals surface area contributed by atoms with E-state index in [1.54, 1.807) is 23.1 Å². The maximum Gasteiger partial charge on any atom is 0.413 e. The highest BCUT2D eigenvalue weighted by molar-refractivity contribution is 5.71. The highest BCUT2D eigenvalue weighted by Crippen LogP contribution is 2.70. The highest BCUT2D eigenvalue weighted by Gasteiger charge is 2.84. The number of phenols is 1. The molecule has 27 heavy (non-hydrogen) atoms. The van der Waals surface area contributed by atoms with Gasteiger partial charge in [0.1, 0.15) is 11.4 Å². The summed E-state index contributed by atoms with van der Waals surface area (Å²) in [5.41, 5.74) is -2.77. The first-order valence-electron chi connectivity index (χ1n) is 9.35. The number of hydrogen-bond donors (Lipinski definition) is 1. The van der Waals surface area contributed by atoms with Gasteiger partial charge in [-0.3, -0.25) is 4.90 Å². The van der Waals surface area contributed by atoms with Crippen LogP contribution in [-0.4, -0.2) is 33.8 Å². The lowest BCUT2D eigenvalue weighted by Crippen LogP contribution is -2.75. The van der Waals surface area contributed by atoms with Crippen molar-refractivity contribution in [3.63, 3.8) is 0 Å². The summed E-state index contributed by atoms with van der Waals surface area (Å²) in [7, 11) is 0. The quantitative estimate of drug-likeness (QED) is 0.726. The van der Waals surface area contributed by atoms with Gasteiger partial charge in [-0.05, 0) is 32.9 Å². The normalized spacial score (nSPS) is 29.9. The van der Waals surface area contributed by atoms with E-state index in [9.17, 15) is 9.90 Å². The molecule has 0 aliphatic carbocycles. The van der Waals surface area contributed by atoms with E-state index in [1.165, 1.54) is 0 Å². The second kappa shape index (κ2) is 5.61. The van der Waals surface area contributed by atoms with Gasteiger partial charge >= 0.3 is 6.09 Å². The summed E-state index contributed by atoms with van der Waals surface area (Å²) < 4.78 is 5.69. The van der Waals surface area contributed by atoms with Crippen molar-refractivity contribution in [2.24, 2.45) is 10.8 Å². The lowest BCUT2D eigenvalue weighted by atomic mass is 9.57. The molecule has 2 unspecified atom stereocenters. The summed E-state index contributed by atoms with van der Waals surface area (Å²) >= 11 is 0. The second-order valence-corrected chi connectivity index (χ2v) is 10.2. The minimum absolute atomic E-state index is 0.106. The summed E-state index contributed by atoms with van der Waals surface area (Å²) in [6.07, 6.45) is -0.464. The van der Waals surface area contributed by atoms with Crippen LogP contribution in [0.3, 0.4) is 0 Å². The number of likely N-dealkylation sites (tertiary alicyclic amines) is 1. The monoisotopic (exact) mass is 377 g/mol. The van der Waals surface area contributed by atoms with E-state index in [1.807, 2.05) is 26.8 Å². The minimum atomic E-state index is -1.18. The number of amides is 1. The molecule has 2 saturated heterocycles.